The molecule has 2 N–H and O–H groups in total. The molecular formula is C24H28FNO5. The molecule has 0 radical (unpaired) electrons. The van der Waals surface area contributed by atoms with Crippen molar-refractivity contribution in [2.24, 2.45) is 0 Å². The molecule has 0 aliphatic carbocycles. The van der Waals surface area contributed by atoms with Crippen LogP contribution in [0.15, 0.2) is 36.4 Å². The minimum absolute atomic E-state index is 0.365. The molecule has 3 heterocycles. The highest BCUT2D eigenvalue weighted by Crippen LogP contribution is 2.44. The minimum atomic E-state index is -0.724. The molecule has 0 aromatic heterocycles. The zero-order chi connectivity index (χ0) is 21.4. The fourth-order valence-electron chi connectivity index (χ4n) is 4.80. The lowest BCUT2D eigenvalue weighted by Crippen LogP contribution is -2.51. The molecule has 31 heavy (non-hydrogen) atoms. The Morgan fingerprint density at radius 2 is 1.77 bits per heavy atom. The molecule has 166 valence electrons. The summed E-state index contributed by atoms with van der Waals surface area (Å²) in [7, 11) is 0. The summed E-state index contributed by atoms with van der Waals surface area (Å²) in [6.07, 6.45) is 1.44. The quantitative estimate of drug-likeness (QED) is 0.780. The van der Waals surface area contributed by atoms with Crippen molar-refractivity contribution in [3.63, 3.8) is 0 Å². The van der Waals surface area contributed by atoms with Gasteiger partial charge in [0.15, 0.2) is 11.5 Å². The van der Waals surface area contributed by atoms with Gasteiger partial charge in [-0.2, -0.15) is 0 Å². The van der Waals surface area contributed by atoms with Crippen LogP contribution in [0.3, 0.4) is 0 Å². The zero-order valence-corrected chi connectivity index (χ0v) is 17.4. The summed E-state index contributed by atoms with van der Waals surface area (Å²) >= 11 is 0. The van der Waals surface area contributed by atoms with E-state index in [4.69, 9.17) is 14.2 Å². The molecule has 5 rings (SSSR count). The lowest BCUT2D eigenvalue weighted by Gasteiger charge is -2.46. The summed E-state index contributed by atoms with van der Waals surface area (Å²) in [5.74, 6) is 1.62. The minimum Gasteiger partial charge on any atom is -0.490 e. The number of rotatable bonds is 3. The van der Waals surface area contributed by atoms with Crippen molar-refractivity contribution >= 4 is 0 Å². The highest BCUT2D eigenvalue weighted by atomic mass is 19.1. The zero-order valence-electron chi connectivity index (χ0n) is 17.4. The molecule has 3 aliphatic heterocycles. The van der Waals surface area contributed by atoms with Crippen LogP contribution in [0.5, 0.6) is 17.2 Å². The Morgan fingerprint density at radius 3 is 2.58 bits per heavy atom. The lowest BCUT2D eigenvalue weighted by molar-refractivity contribution is -0.0589. The molecule has 3 aliphatic rings. The first-order chi connectivity index (χ1) is 15.0. The van der Waals surface area contributed by atoms with Gasteiger partial charge in [0.1, 0.15) is 17.2 Å². The Morgan fingerprint density at radius 1 is 1.03 bits per heavy atom. The summed E-state index contributed by atoms with van der Waals surface area (Å²) in [6, 6.07) is 9.95. The molecule has 0 bridgehead atoms. The van der Waals surface area contributed by atoms with Crippen molar-refractivity contribution in [3.05, 3.63) is 53.3 Å². The van der Waals surface area contributed by atoms with E-state index < -0.39 is 17.8 Å². The Bertz CT molecular complexity index is 944. The van der Waals surface area contributed by atoms with Crippen LogP contribution >= 0.6 is 0 Å². The van der Waals surface area contributed by atoms with E-state index >= 15 is 0 Å². The number of fused-ring (bicyclic) bond motifs is 2. The van der Waals surface area contributed by atoms with Crippen LogP contribution < -0.4 is 14.2 Å². The first-order valence-corrected chi connectivity index (χ1v) is 11.0. The first-order valence-electron chi connectivity index (χ1n) is 11.0. The van der Waals surface area contributed by atoms with Gasteiger partial charge in [-0.05, 0) is 48.7 Å². The van der Waals surface area contributed by atoms with Crippen molar-refractivity contribution in [3.8, 4) is 17.2 Å². The number of hydrogen-bond acceptors (Lipinski definition) is 6. The van der Waals surface area contributed by atoms with Crippen LogP contribution in [0.4, 0.5) is 4.39 Å². The smallest absolute Gasteiger partial charge is 0.161 e. The van der Waals surface area contributed by atoms with E-state index in [1.807, 2.05) is 18.2 Å². The Kier molecular flexibility index (Phi) is 5.50. The fourth-order valence-corrected chi connectivity index (χ4v) is 4.80. The maximum absolute atomic E-state index is 13.5. The second-order valence-corrected chi connectivity index (χ2v) is 8.76. The van der Waals surface area contributed by atoms with Crippen LogP contribution in [0, 0.1) is 5.82 Å². The van der Waals surface area contributed by atoms with Crippen LogP contribution in [-0.2, 0) is 0 Å². The van der Waals surface area contributed by atoms with E-state index in [1.54, 1.807) is 6.07 Å². The van der Waals surface area contributed by atoms with Crippen molar-refractivity contribution in [2.45, 2.75) is 43.5 Å². The molecule has 0 saturated carbocycles. The molecule has 7 heteroatoms. The Balaban J connectivity index is 1.21. The van der Waals surface area contributed by atoms with Gasteiger partial charge in [-0.3, -0.25) is 0 Å². The number of hydrogen-bond donors (Lipinski definition) is 2. The lowest BCUT2D eigenvalue weighted by atomic mass is 9.81. The molecule has 2 atom stereocenters. The van der Waals surface area contributed by atoms with E-state index in [1.165, 1.54) is 12.1 Å². The number of nitrogens with zero attached hydrogens (tertiary/aromatic N) is 1. The van der Waals surface area contributed by atoms with Crippen molar-refractivity contribution in [1.29, 1.82) is 0 Å². The van der Waals surface area contributed by atoms with Crippen molar-refractivity contribution in [1.82, 2.24) is 4.90 Å². The second-order valence-electron chi connectivity index (χ2n) is 8.76. The number of piperidine rings is 1. The van der Waals surface area contributed by atoms with Gasteiger partial charge < -0.3 is 29.3 Å². The van der Waals surface area contributed by atoms with Crippen molar-refractivity contribution < 1.29 is 28.8 Å². The maximum Gasteiger partial charge on any atom is 0.161 e. The monoisotopic (exact) mass is 429 g/mol. The number of halogens is 1. The maximum atomic E-state index is 13.5. The van der Waals surface area contributed by atoms with Crippen LogP contribution in [0.1, 0.15) is 49.0 Å². The van der Waals surface area contributed by atoms with E-state index in [0.29, 0.717) is 43.2 Å². The average molecular weight is 429 g/mol. The third-order valence-electron chi connectivity index (χ3n) is 6.58. The molecule has 6 nitrogen and oxygen atoms in total. The predicted molar refractivity (Wildman–Crippen MR) is 112 cm³/mol. The number of likely N-dealkylation sites (tertiary alicyclic amines) is 1. The Hall–Kier alpha value is -2.35. The van der Waals surface area contributed by atoms with Gasteiger partial charge in [-0.25, -0.2) is 4.39 Å². The first kappa shape index (κ1) is 20.5. The SMILES string of the molecule is O[C@@H](CN1CCC2(CC1)C[C@H](O)c1cc(F)ccc1O2)c1ccc2c(c1)OCCCO2. The molecule has 2 aromatic carbocycles. The number of β-amino-alcohol motifs (C(OH)–C–C–N with tert-alkyl or cyclic N) is 1. The molecule has 0 amide bonds. The summed E-state index contributed by atoms with van der Waals surface area (Å²) in [4.78, 5) is 2.22. The van der Waals surface area contributed by atoms with Gasteiger partial charge in [-0.15, -0.1) is 0 Å². The normalized spacial score (nSPS) is 23.5. The van der Waals surface area contributed by atoms with Gasteiger partial charge in [-0.1, -0.05) is 6.07 Å². The van der Waals surface area contributed by atoms with Gasteiger partial charge in [0.25, 0.3) is 0 Å². The number of ether oxygens (including phenoxy) is 3. The van der Waals surface area contributed by atoms with E-state index in [9.17, 15) is 14.6 Å². The molecule has 1 saturated heterocycles. The topological polar surface area (TPSA) is 71.4 Å². The summed E-state index contributed by atoms with van der Waals surface area (Å²) in [6.45, 7) is 3.28. The molecule has 1 fully saturated rings. The van der Waals surface area contributed by atoms with E-state index in [0.717, 1.165) is 43.7 Å². The molecular weight excluding hydrogens is 401 g/mol. The summed E-state index contributed by atoms with van der Waals surface area (Å²) in [5.41, 5.74) is 0.892. The number of aliphatic hydroxyl groups excluding tert-OH is 2. The molecule has 1 spiro atoms. The standard InChI is InChI=1S/C24H28FNO5/c25-17-3-5-21-18(13-17)19(27)14-24(31-21)6-8-26(9-7-24)15-20(28)16-2-4-22-23(12-16)30-11-1-10-29-22/h2-5,12-13,19-20,27-28H,1,6-11,14-15H2/t19-,20-/m0/s1. The molecule has 2 aromatic rings. The largest absolute Gasteiger partial charge is 0.490 e. The highest BCUT2D eigenvalue weighted by Gasteiger charge is 2.43. The van der Waals surface area contributed by atoms with Crippen LogP contribution in [-0.4, -0.2) is 53.6 Å². The van der Waals surface area contributed by atoms with Gasteiger partial charge in [0.2, 0.25) is 0 Å². The number of aliphatic hydroxyl groups is 2. The third kappa shape index (κ3) is 4.22. The fraction of sp³-hybridized carbons (Fsp3) is 0.500. The second kappa shape index (κ2) is 8.30. The molecule has 0 unspecified atom stereocenters. The van der Waals surface area contributed by atoms with Crippen LogP contribution in [0.2, 0.25) is 0 Å². The van der Waals surface area contributed by atoms with Gasteiger partial charge in [0.05, 0.1) is 25.4 Å². The van der Waals surface area contributed by atoms with Gasteiger partial charge in [0, 0.05) is 38.0 Å². The Labute approximate surface area is 181 Å². The summed E-state index contributed by atoms with van der Waals surface area (Å²) < 4.78 is 31.2. The van der Waals surface area contributed by atoms with Crippen molar-refractivity contribution in [2.75, 3.05) is 32.8 Å². The highest BCUT2D eigenvalue weighted by molar-refractivity contribution is 5.44. The van der Waals surface area contributed by atoms with Crippen LogP contribution in [0.25, 0.3) is 0 Å². The van der Waals surface area contributed by atoms with Gasteiger partial charge >= 0.3 is 0 Å². The summed E-state index contributed by atoms with van der Waals surface area (Å²) in [5, 5.41) is 21.4. The predicted octanol–water partition coefficient (Wildman–Crippen LogP) is 3.37. The van der Waals surface area contributed by atoms with E-state index in [2.05, 4.69) is 4.90 Å². The van der Waals surface area contributed by atoms with E-state index in [-0.39, 0.29) is 5.82 Å². The number of benzene rings is 2. The third-order valence-corrected chi connectivity index (χ3v) is 6.58. The average Bonchev–Trinajstić information content (AvgIpc) is 3.01.